The van der Waals surface area contributed by atoms with Crippen molar-refractivity contribution >= 4 is 9.04 Å². The summed E-state index contributed by atoms with van der Waals surface area (Å²) in [6.07, 6.45) is 1.20. The molecule has 0 aromatic heterocycles. The third-order valence-electron chi connectivity index (χ3n) is 4.08. The van der Waals surface area contributed by atoms with E-state index in [9.17, 15) is 0 Å². The zero-order chi connectivity index (χ0) is 18.3. The highest BCUT2D eigenvalue weighted by Gasteiger charge is 2.26. The van der Waals surface area contributed by atoms with E-state index < -0.39 is 9.04 Å². The molecule has 0 bridgehead atoms. The van der Waals surface area contributed by atoms with Gasteiger partial charge in [-0.2, -0.15) is 0 Å². The van der Waals surface area contributed by atoms with Gasteiger partial charge in [0.1, 0.15) is 0 Å². The van der Waals surface area contributed by atoms with Gasteiger partial charge in [-0.15, -0.1) is 0 Å². The number of hydrogen-bond donors (Lipinski definition) is 0. The molecule has 2 nitrogen and oxygen atoms in total. The maximum absolute atomic E-state index is 6.50. The molecule has 2 rings (SSSR count). The van der Waals surface area contributed by atoms with E-state index in [-0.39, 0.29) is 11.6 Å². The van der Waals surface area contributed by atoms with Crippen molar-refractivity contribution in [3.63, 3.8) is 0 Å². The quantitative estimate of drug-likeness (QED) is 0.461. The van der Waals surface area contributed by atoms with Gasteiger partial charge in [-0.25, -0.2) is 0 Å². The number of rotatable bonds is 8. The smallest absolute Gasteiger partial charge is 0.173 e. The summed E-state index contributed by atoms with van der Waals surface area (Å²) >= 11 is 0. The highest BCUT2D eigenvalue weighted by atomic mass is 28.3. The Balaban J connectivity index is 2.25. The molecule has 0 amide bonds. The molecule has 0 radical (unpaired) electrons. The van der Waals surface area contributed by atoms with Gasteiger partial charge < -0.3 is 4.43 Å². The molecule has 0 spiro atoms. The van der Waals surface area contributed by atoms with Crippen molar-refractivity contribution in [2.75, 3.05) is 0 Å². The van der Waals surface area contributed by atoms with E-state index in [0.29, 0.717) is 0 Å². The average molecular weight is 356 g/mol. The van der Waals surface area contributed by atoms with Crippen molar-refractivity contribution in [2.45, 2.75) is 59.6 Å². The molecule has 3 heteroatoms. The highest BCUT2D eigenvalue weighted by molar-refractivity contribution is 6.48. The third-order valence-corrected chi connectivity index (χ3v) is 4.94. The van der Waals surface area contributed by atoms with Crippen LogP contribution in [0, 0.1) is 5.41 Å². The van der Waals surface area contributed by atoms with Crippen LogP contribution in [0.2, 0.25) is 13.1 Å². The van der Waals surface area contributed by atoms with E-state index in [2.05, 4.69) is 99.4 Å². The summed E-state index contributed by atoms with van der Waals surface area (Å²) in [7, 11) is -1.13. The van der Waals surface area contributed by atoms with Crippen molar-refractivity contribution < 1.29 is 4.43 Å². The molecule has 2 aromatic rings. The van der Waals surface area contributed by atoms with Gasteiger partial charge in [0.15, 0.2) is 9.04 Å². The summed E-state index contributed by atoms with van der Waals surface area (Å²) in [6, 6.07) is 21.5. The maximum Gasteiger partial charge on any atom is 0.173 e. The van der Waals surface area contributed by atoms with Gasteiger partial charge in [-0.1, -0.05) is 81.4 Å². The van der Waals surface area contributed by atoms with E-state index in [1.807, 2.05) is 0 Å². The molecule has 2 aromatic carbocycles. The third kappa shape index (κ3) is 7.55. The van der Waals surface area contributed by atoms with Crippen LogP contribution in [0.4, 0.5) is 0 Å². The van der Waals surface area contributed by atoms with Crippen LogP contribution < -0.4 is 0 Å². The summed E-state index contributed by atoms with van der Waals surface area (Å²) in [5, 5.41) is 0. The van der Waals surface area contributed by atoms with Crippen LogP contribution >= 0.6 is 0 Å². The minimum Gasteiger partial charge on any atom is -0.405 e. The van der Waals surface area contributed by atoms with Crippen LogP contribution in [0.3, 0.4) is 0 Å². The van der Waals surface area contributed by atoms with Crippen LogP contribution in [0.1, 0.15) is 38.3 Å². The molecule has 0 aliphatic carbocycles. The Kier molecular flexibility index (Phi) is 7.42. The molecule has 136 valence electrons. The molecule has 1 unspecified atom stereocenters. The molecule has 0 aliphatic rings. The lowest BCUT2D eigenvalue weighted by atomic mass is 9.91. The van der Waals surface area contributed by atoms with Gasteiger partial charge in [0.25, 0.3) is 0 Å². The Morgan fingerprint density at radius 2 is 1.28 bits per heavy atom. The Hall–Kier alpha value is -1.42. The molecule has 0 heterocycles. The summed E-state index contributed by atoms with van der Waals surface area (Å²) in [4.78, 5) is 2.50. The maximum atomic E-state index is 6.50. The number of benzene rings is 2. The van der Waals surface area contributed by atoms with E-state index in [4.69, 9.17) is 4.43 Å². The van der Waals surface area contributed by atoms with E-state index in [1.165, 1.54) is 11.1 Å². The number of hydrogen-bond acceptors (Lipinski definition) is 2. The molecule has 0 saturated heterocycles. The second-order valence-electron chi connectivity index (χ2n) is 8.28. The number of nitrogens with zero attached hydrogens (tertiary/aromatic N) is 1. The molecule has 0 N–H and O–H groups in total. The molecule has 0 saturated carbocycles. The lowest BCUT2D eigenvalue weighted by molar-refractivity contribution is -0.0163. The molecule has 1 atom stereocenters. The Morgan fingerprint density at radius 3 is 1.64 bits per heavy atom. The first kappa shape index (κ1) is 19.9. The van der Waals surface area contributed by atoms with E-state index in [1.54, 1.807) is 0 Å². The van der Waals surface area contributed by atoms with Crippen molar-refractivity contribution in [1.82, 2.24) is 4.90 Å². The average Bonchev–Trinajstić information content (AvgIpc) is 2.54. The monoisotopic (exact) mass is 355 g/mol. The Morgan fingerprint density at radius 1 is 0.840 bits per heavy atom. The molecule has 25 heavy (non-hydrogen) atoms. The van der Waals surface area contributed by atoms with Crippen molar-refractivity contribution in [3.05, 3.63) is 71.8 Å². The molecular weight excluding hydrogens is 322 g/mol. The predicted octanol–water partition coefficient (Wildman–Crippen LogP) is 5.45. The summed E-state index contributed by atoms with van der Waals surface area (Å²) < 4.78 is 6.50. The zero-order valence-corrected chi connectivity index (χ0v) is 17.6. The van der Waals surface area contributed by atoms with Crippen molar-refractivity contribution in [1.29, 1.82) is 0 Å². The standard InChI is InChI=1S/C22H33NOSi/c1-22(2,3)16-21(24-25(4)5)23(17-19-12-8-6-9-13-19)18-20-14-10-7-11-15-20/h6-15,21,25H,16-18H2,1-5H3. The first-order valence-corrected chi connectivity index (χ1v) is 12.1. The zero-order valence-electron chi connectivity index (χ0n) is 16.4. The minimum absolute atomic E-state index is 0.159. The van der Waals surface area contributed by atoms with Gasteiger partial charge in [-0.05, 0) is 36.1 Å². The summed E-state index contributed by atoms with van der Waals surface area (Å²) in [5.74, 6) is 0. The minimum atomic E-state index is -1.13. The van der Waals surface area contributed by atoms with Crippen LogP contribution in [0.5, 0.6) is 0 Å². The topological polar surface area (TPSA) is 12.5 Å². The normalized spacial score (nSPS) is 13.4. The fourth-order valence-corrected chi connectivity index (χ4v) is 3.89. The highest BCUT2D eigenvalue weighted by Crippen LogP contribution is 2.27. The molecule has 0 aliphatic heterocycles. The summed E-state index contributed by atoms with van der Waals surface area (Å²) in [5.41, 5.74) is 2.91. The lowest BCUT2D eigenvalue weighted by Crippen LogP contribution is -2.41. The molecular formula is C22H33NOSi. The van der Waals surface area contributed by atoms with Gasteiger partial charge >= 0.3 is 0 Å². The summed E-state index contributed by atoms with van der Waals surface area (Å²) in [6.45, 7) is 13.3. The Bertz CT molecular complexity index is 565. The Labute approximate surface area is 155 Å². The van der Waals surface area contributed by atoms with Gasteiger partial charge in [0.05, 0.1) is 6.23 Å². The van der Waals surface area contributed by atoms with Crippen LogP contribution in [-0.2, 0) is 17.5 Å². The first-order valence-electron chi connectivity index (χ1n) is 9.31. The van der Waals surface area contributed by atoms with E-state index in [0.717, 1.165) is 19.5 Å². The van der Waals surface area contributed by atoms with Gasteiger partial charge in [0, 0.05) is 13.1 Å². The van der Waals surface area contributed by atoms with E-state index >= 15 is 0 Å². The SMILES string of the molecule is C[SiH](C)OC(CC(C)(C)C)N(Cc1ccccc1)Cc1ccccc1. The van der Waals surface area contributed by atoms with Gasteiger partial charge in [0.2, 0.25) is 0 Å². The first-order chi connectivity index (χ1) is 11.8. The fraction of sp³-hybridized carbons (Fsp3) is 0.455. The second-order valence-corrected chi connectivity index (χ2v) is 10.7. The van der Waals surface area contributed by atoms with Crippen LogP contribution in [0.25, 0.3) is 0 Å². The van der Waals surface area contributed by atoms with Crippen molar-refractivity contribution in [3.8, 4) is 0 Å². The second kappa shape index (κ2) is 9.32. The van der Waals surface area contributed by atoms with Gasteiger partial charge in [-0.3, -0.25) is 4.90 Å². The predicted molar refractivity (Wildman–Crippen MR) is 110 cm³/mol. The largest absolute Gasteiger partial charge is 0.405 e. The van der Waals surface area contributed by atoms with Crippen LogP contribution in [-0.4, -0.2) is 20.2 Å². The van der Waals surface area contributed by atoms with Crippen molar-refractivity contribution in [2.24, 2.45) is 5.41 Å². The lowest BCUT2D eigenvalue weighted by Gasteiger charge is -2.37. The fourth-order valence-electron chi connectivity index (χ4n) is 3.00. The van der Waals surface area contributed by atoms with Crippen LogP contribution in [0.15, 0.2) is 60.7 Å². The molecule has 0 fully saturated rings.